The van der Waals surface area contributed by atoms with Gasteiger partial charge in [0.05, 0.1) is 6.04 Å². The molecule has 2 saturated heterocycles. The van der Waals surface area contributed by atoms with E-state index in [0.717, 1.165) is 13.1 Å². The molecule has 30 heavy (non-hydrogen) atoms. The lowest BCUT2D eigenvalue weighted by Crippen LogP contribution is -2.44. The molecule has 1 atom stereocenters. The van der Waals surface area contributed by atoms with E-state index in [1.165, 1.54) is 18.4 Å². The Labute approximate surface area is 178 Å². The van der Waals surface area contributed by atoms with Crippen LogP contribution in [-0.2, 0) is 4.79 Å². The minimum atomic E-state index is -0.0264. The fraction of sp³-hybridized carbons (Fsp3) is 0.458. The van der Waals surface area contributed by atoms with Gasteiger partial charge in [0.2, 0.25) is 5.91 Å². The van der Waals surface area contributed by atoms with Crippen LogP contribution >= 0.6 is 0 Å². The number of rotatable bonds is 6. The largest absolute Gasteiger partial charge is 0.354 e. The third kappa shape index (κ3) is 4.87. The molecule has 2 fully saturated rings. The van der Waals surface area contributed by atoms with Crippen molar-refractivity contribution in [2.75, 3.05) is 32.7 Å². The Hall–Kier alpha value is -2.73. The van der Waals surface area contributed by atoms with Gasteiger partial charge in [-0.2, -0.15) is 0 Å². The molecule has 6 nitrogen and oxygen atoms in total. The topological polar surface area (TPSA) is 65.5 Å². The van der Waals surface area contributed by atoms with Crippen LogP contribution in [-0.4, -0.2) is 59.3 Å². The zero-order valence-electron chi connectivity index (χ0n) is 17.4. The fourth-order valence-corrected chi connectivity index (χ4v) is 4.55. The maximum absolute atomic E-state index is 12.9. The Bertz CT molecular complexity index is 829. The molecule has 3 heterocycles. The summed E-state index contributed by atoms with van der Waals surface area (Å²) < 4.78 is 0. The molecule has 2 aliphatic rings. The zero-order chi connectivity index (χ0) is 20.8. The van der Waals surface area contributed by atoms with Gasteiger partial charge in [0, 0.05) is 43.5 Å². The van der Waals surface area contributed by atoms with Gasteiger partial charge in [-0.15, -0.1) is 0 Å². The predicted octanol–water partition coefficient (Wildman–Crippen LogP) is 2.89. The van der Waals surface area contributed by atoms with Crippen LogP contribution in [0.1, 0.15) is 47.6 Å². The molecule has 2 aliphatic heterocycles. The summed E-state index contributed by atoms with van der Waals surface area (Å²) in [4.78, 5) is 33.7. The Balaban J connectivity index is 1.30. The number of hydrogen-bond acceptors (Lipinski definition) is 4. The summed E-state index contributed by atoms with van der Waals surface area (Å²) in [6.45, 7) is 4.05. The first-order valence-corrected chi connectivity index (χ1v) is 11.0. The number of piperidine rings is 1. The second kappa shape index (κ2) is 9.85. The van der Waals surface area contributed by atoms with Crippen molar-refractivity contribution in [2.24, 2.45) is 5.92 Å². The minimum absolute atomic E-state index is 0.0226. The Kier molecular flexibility index (Phi) is 6.74. The molecule has 0 spiro atoms. The maximum atomic E-state index is 12.9. The van der Waals surface area contributed by atoms with Crippen LogP contribution in [0, 0.1) is 5.92 Å². The lowest BCUT2D eigenvalue weighted by molar-refractivity contribution is -0.126. The van der Waals surface area contributed by atoms with Crippen LogP contribution < -0.4 is 5.32 Å². The van der Waals surface area contributed by atoms with E-state index in [1.807, 2.05) is 11.0 Å². The number of carbonyl (C=O) groups is 2. The smallest absolute Gasteiger partial charge is 0.253 e. The average molecular weight is 407 g/mol. The second-order valence-corrected chi connectivity index (χ2v) is 8.22. The van der Waals surface area contributed by atoms with Gasteiger partial charge in [0.1, 0.15) is 0 Å². The van der Waals surface area contributed by atoms with Crippen molar-refractivity contribution in [1.82, 2.24) is 20.1 Å². The highest BCUT2D eigenvalue weighted by Gasteiger charge is 2.29. The molecule has 6 heteroatoms. The summed E-state index contributed by atoms with van der Waals surface area (Å²) in [6, 6.07) is 14.2. The molecule has 1 unspecified atom stereocenters. The van der Waals surface area contributed by atoms with E-state index < -0.39 is 0 Å². The molecule has 4 rings (SSSR count). The molecule has 2 aromatic rings. The summed E-state index contributed by atoms with van der Waals surface area (Å²) in [7, 11) is 0. The Morgan fingerprint density at radius 3 is 2.30 bits per heavy atom. The van der Waals surface area contributed by atoms with Gasteiger partial charge in [0.15, 0.2) is 0 Å². The van der Waals surface area contributed by atoms with Crippen LogP contribution in [0.5, 0.6) is 0 Å². The van der Waals surface area contributed by atoms with E-state index in [1.54, 1.807) is 24.5 Å². The molecular weight excluding hydrogens is 376 g/mol. The van der Waals surface area contributed by atoms with Gasteiger partial charge < -0.3 is 10.2 Å². The van der Waals surface area contributed by atoms with Crippen molar-refractivity contribution in [1.29, 1.82) is 0 Å². The molecule has 1 aromatic heterocycles. The van der Waals surface area contributed by atoms with Gasteiger partial charge in [-0.05, 0) is 56.5 Å². The standard InChI is InChI=1S/C24H30N4O2/c29-23(20-10-16-28(17-11-20)24(30)21-8-12-25-13-9-21)26-18-22(27-14-4-5-15-27)19-6-2-1-3-7-19/h1-3,6-9,12-13,20,22H,4-5,10-11,14-18H2,(H,26,29). The van der Waals surface area contributed by atoms with Crippen LogP contribution in [0.4, 0.5) is 0 Å². The van der Waals surface area contributed by atoms with Gasteiger partial charge in [-0.1, -0.05) is 30.3 Å². The molecule has 0 saturated carbocycles. The summed E-state index contributed by atoms with van der Waals surface area (Å²) >= 11 is 0. The minimum Gasteiger partial charge on any atom is -0.354 e. The Morgan fingerprint density at radius 2 is 1.63 bits per heavy atom. The number of aromatic nitrogens is 1. The number of nitrogens with one attached hydrogen (secondary N) is 1. The highest BCUT2D eigenvalue weighted by atomic mass is 16.2. The summed E-state index contributed by atoms with van der Waals surface area (Å²) in [5.74, 6) is 0.113. The fourth-order valence-electron chi connectivity index (χ4n) is 4.55. The summed E-state index contributed by atoms with van der Waals surface area (Å²) in [5, 5.41) is 3.21. The lowest BCUT2D eigenvalue weighted by Gasteiger charge is -2.32. The average Bonchev–Trinajstić information content (AvgIpc) is 3.35. The normalized spacial score (nSPS) is 18.9. The first kappa shape index (κ1) is 20.5. The number of hydrogen-bond donors (Lipinski definition) is 1. The first-order chi connectivity index (χ1) is 14.7. The zero-order valence-corrected chi connectivity index (χ0v) is 17.4. The molecule has 0 bridgehead atoms. The number of benzene rings is 1. The maximum Gasteiger partial charge on any atom is 0.253 e. The van der Waals surface area contributed by atoms with Gasteiger partial charge in [-0.25, -0.2) is 0 Å². The van der Waals surface area contributed by atoms with Crippen LogP contribution in [0.25, 0.3) is 0 Å². The first-order valence-electron chi connectivity index (χ1n) is 11.0. The number of nitrogens with zero attached hydrogens (tertiary/aromatic N) is 3. The quantitative estimate of drug-likeness (QED) is 0.801. The monoisotopic (exact) mass is 406 g/mol. The van der Waals surface area contributed by atoms with E-state index in [-0.39, 0.29) is 23.8 Å². The number of carbonyl (C=O) groups excluding carboxylic acids is 2. The molecule has 1 N–H and O–H groups in total. The predicted molar refractivity (Wildman–Crippen MR) is 116 cm³/mol. The van der Waals surface area contributed by atoms with Crippen molar-refractivity contribution in [3.8, 4) is 0 Å². The molecule has 158 valence electrons. The van der Waals surface area contributed by atoms with Gasteiger partial charge in [0.25, 0.3) is 5.91 Å². The molecular formula is C24H30N4O2. The van der Waals surface area contributed by atoms with Crippen LogP contribution in [0.3, 0.4) is 0 Å². The number of amides is 2. The third-order valence-corrected chi connectivity index (χ3v) is 6.32. The van der Waals surface area contributed by atoms with Gasteiger partial charge >= 0.3 is 0 Å². The summed E-state index contributed by atoms with van der Waals surface area (Å²) in [5.41, 5.74) is 1.92. The van der Waals surface area contributed by atoms with Crippen molar-refractivity contribution in [3.05, 3.63) is 66.0 Å². The van der Waals surface area contributed by atoms with Crippen molar-refractivity contribution < 1.29 is 9.59 Å². The highest BCUT2D eigenvalue weighted by molar-refractivity contribution is 5.94. The lowest BCUT2D eigenvalue weighted by atomic mass is 9.95. The van der Waals surface area contributed by atoms with Crippen molar-refractivity contribution in [3.63, 3.8) is 0 Å². The number of pyridine rings is 1. The molecule has 1 aromatic carbocycles. The third-order valence-electron chi connectivity index (χ3n) is 6.32. The Morgan fingerprint density at radius 1 is 0.967 bits per heavy atom. The molecule has 0 radical (unpaired) electrons. The van der Waals surface area contributed by atoms with Crippen LogP contribution in [0.15, 0.2) is 54.9 Å². The van der Waals surface area contributed by atoms with E-state index >= 15 is 0 Å². The van der Waals surface area contributed by atoms with E-state index in [2.05, 4.69) is 39.5 Å². The molecule has 0 aliphatic carbocycles. The highest BCUT2D eigenvalue weighted by Crippen LogP contribution is 2.25. The summed E-state index contributed by atoms with van der Waals surface area (Å²) in [6.07, 6.45) is 7.14. The van der Waals surface area contributed by atoms with E-state index in [0.29, 0.717) is 38.0 Å². The number of likely N-dealkylation sites (tertiary alicyclic amines) is 2. The second-order valence-electron chi connectivity index (χ2n) is 8.22. The van der Waals surface area contributed by atoms with Crippen molar-refractivity contribution >= 4 is 11.8 Å². The van der Waals surface area contributed by atoms with E-state index in [9.17, 15) is 9.59 Å². The van der Waals surface area contributed by atoms with Crippen LogP contribution in [0.2, 0.25) is 0 Å². The van der Waals surface area contributed by atoms with Crippen molar-refractivity contribution in [2.45, 2.75) is 31.7 Å². The molecule has 2 amide bonds. The van der Waals surface area contributed by atoms with E-state index in [4.69, 9.17) is 0 Å². The SMILES string of the molecule is O=C(NCC(c1ccccc1)N1CCCC1)C1CCN(C(=O)c2ccncc2)CC1. The van der Waals surface area contributed by atoms with Gasteiger partial charge in [-0.3, -0.25) is 19.5 Å².